The second-order valence-electron chi connectivity index (χ2n) is 12.5. The van der Waals surface area contributed by atoms with Gasteiger partial charge in [0.25, 0.3) is 5.91 Å². The van der Waals surface area contributed by atoms with Gasteiger partial charge in [-0.05, 0) is 67.9 Å². The molecule has 2 aliphatic carbocycles. The van der Waals surface area contributed by atoms with Gasteiger partial charge in [-0.3, -0.25) is 4.79 Å². The topological polar surface area (TPSA) is 129 Å². The molecule has 2 bridgehead atoms. The van der Waals surface area contributed by atoms with Crippen molar-refractivity contribution in [3.05, 3.63) is 42.1 Å². The lowest BCUT2D eigenvalue weighted by molar-refractivity contribution is 0.0700. The first-order chi connectivity index (χ1) is 20.2. The van der Waals surface area contributed by atoms with Crippen LogP contribution >= 0.6 is 0 Å². The highest BCUT2D eigenvalue weighted by Gasteiger charge is 2.47. The van der Waals surface area contributed by atoms with Gasteiger partial charge in [0.05, 0.1) is 30.6 Å². The highest BCUT2D eigenvalue weighted by Crippen LogP contribution is 2.42. The van der Waals surface area contributed by atoms with Gasteiger partial charge in [0.15, 0.2) is 5.82 Å². The molecule has 1 amide bonds. The van der Waals surface area contributed by atoms with Gasteiger partial charge < -0.3 is 24.5 Å². The number of methoxy groups -OCH3 is 1. The fraction of sp³-hybridized carbons (Fsp3) is 0.500. The molecule has 0 radical (unpaired) electrons. The zero-order chi connectivity index (χ0) is 28.9. The number of ether oxygens (including phenoxy) is 1. The van der Waals surface area contributed by atoms with Crippen molar-refractivity contribution in [2.24, 2.45) is 17.6 Å². The van der Waals surface area contributed by atoms with E-state index in [1.54, 1.807) is 13.2 Å². The number of hydrogen-bond donors (Lipinski definition) is 1. The van der Waals surface area contributed by atoms with Gasteiger partial charge in [-0.1, -0.05) is 0 Å². The van der Waals surface area contributed by atoms with E-state index in [1.165, 1.54) is 23.4 Å². The van der Waals surface area contributed by atoms with E-state index >= 15 is 0 Å². The third-order valence-electron chi connectivity index (χ3n) is 9.82. The van der Waals surface area contributed by atoms with Gasteiger partial charge in [0.1, 0.15) is 16.9 Å². The Balaban J connectivity index is 1.30. The second-order valence-corrected chi connectivity index (χ2v) is 14.5. The maximum absolute atomic E-state index is 13.8. The minimum atomic E-state index is -3.32. The lowest BCUT2D eigenvalue weighted by Gasteiger charge is -2.39. The highest BCUT2D eigenvalue weighted by atomic mass is 32.2. The predicted octanol–water partition coefficient (Wildman–Crippen LogP) is 2.85. The molecule has 5 heterocycles. The minimum Gasteiger partial charge on any atom is -0.494 e. The van der Waals surface area contributed by atoms with Crippen LogP contribution in [0.3, 0.4) is 0 Å². The Morgan fingerprint density at radius 3 is 2.60 bits per heavy atom. The third-order valence-corrected chi connectivity index (χ3v) is 11.1. The van der Waals surface area contributed by atoms with Crippen molar-refractivity contribution in [1.29, 1.82) is 0 Å². The van der Waals surface area contributed by atoms with Gasteiger partial charge in [-0.25, -0.2) is 18.4 Å². The average Bonchev–Trinajstić information content (AvgIpc) is 3.29. The smallest absolute Gasteiger partial charge is 0.254 e. The first kappa shape index (κ1) is 26.2. The van der Waals surface area contributed by atoms with Gasteiger partial charge in [0, 0.05) is 55.4 Å². The second kappa shape index (κ2) is 9.26. The molecular formula is C30H35N7O4S. The maximum Gasteiger partial charge on any atom is 0.254 e. The summed E-state index contributed by atoms with van der Waals surface area (Å²) in [6.07, 6.45) is 7.44. The van der Waals surface area contributed by atoms with Crippen molar-refractivity contribution >= 4 is 38.0 Å². The molecule has 1 aromatic carbocycles. The Labute approximate surface area is 244 Å². The number of benzene rings is 1. The summed E-state index contributed by atoms with van der Waals surface area (Å²) in [5.41, 5.74) is 10.2. The molecule has 12 heteroatoms. The van der Waals surface area contributed by atoms with E-state index in [0.717, 1.165) is 47.5 Å². The van der Waals surface area contributed by atoms with Crippen LogP contribution in [0.15, 0.2) is 36.5 Å². The van der Waals surface area contributed by atoms with Gasteiger partial charge in [-0.2, -0.15) is 4.31 Å². The zero-order valence-corrected chi connectivity index (χ0v) is 24.6. The number of rotatable bonds is 7. The van der Waals surface area contributed by atoms with Crippen LogP contribution in [0.1, 0.15) is 42.1 Å². The van der Waals surface area contributed by atoms with E-state index in [-0.39, 0.29) is 24.0 Å². The van der Waals surface area contributed by atoms with E-state index in [9.17, 15) is 13.2 Å². The molecule has 220 valence electrons. The fourth-order valence-electron chi connectivity index (χ4n) is 7.32. The number of hydrogen-bond acceptors (Lipinski definition) is 7. The van der Waals surface area contributed by atoms with E-state index in [1.807, 2.05) is 23.2 Å². The van der Waals surface area contributed by atoms with Crippen LogP contribution in [-0.2, 0) is 16.6 Å². The normalized spacial score (nSPS) is 24.6. The van der Waals surface area contributed by atoms with Crippen LogP contribution in [0, 0.1) is 11.8 Å². The first-order valence-corrected chi connectivity index (χ1v) is 16.6. The maximum atomic E-state index is 13.8. The van der Waals surface area contributed by atoms with Crippen LogP contribution in [0.2, 0.25) is 0 Å². The summed E-state index contributed by atoms with van der Waals surface area (Å²) in [5.74, 6) is 2.18. The Bertz CT molecular complexity index is 1850. The quantitative estimate of drug-likeness (QED) is 0.351. The molecule has 2 saturated heterocycles. The summed E-state index contributed by atoms with van der Waals surface area (Å²) < 4.78 is 36.4. The summed E-state index contributed by atoms with van der Waals surface area (Å²) in [5, 5.41) is 1.03. The number of pyridine rings is 1. The molecule has 0 spiro atoms. The Kier molecular flexibility index (Phi) is 5.77. The van der Waals surface area contributed by atoms with Crippen molar-refractivity contribution in [1.82, 2.24) is 28.3 Å². The zero-order valence-electron chi connectivity index (χ0n) is 23.8. The first-order valence-electron chi connectivity index (χ1n) is 14.8. The van der Waals surface area contributed by atoms with Crippen molar-refractivity contribution in [3.8, 4) is 17.3 Å². The average molecular weight is 590 g/mol. The van der Waals surface area contributed by atoms with Crippen LogP contribution in [0.5, 0.6) is 5.75 Å². The summed E-state index contributed by atoms with van der Waals surface area (Å²) >= 11 is 0. The molecular weight excluding hydrogens is 554 g/mol. The lowest BCUT2D eigenvalue weighted by atomic mass is 10.1. The van der Waals surface area contributed by atoms with Crippen LogP contribution < -0.4 is 10.5 Å². The van der Waals surface area contributed by atoms with Gasteiger partial charge in [0.2, 0.25) is 10.0 Å². The molecule has 2 unspecified atom stereocenters. The van der Waals surface area contributed by atoms with E-state index in [2.05, 4.69) is 21.3 Å². The number of nitrogens with two attached hydrogens (primary N) is 1. The minimum absolute atomic E-state index is 0.0313. The van der Waals surface area contributed by atoms with Crippen molar-refractivity contribution in [2.45, 2.75) is 50.4 Å². The molecule has 4 aromatic rings. The van der Waals surface area contributed by atoms with Crippen LogP contribution in [-0.4, -0.2) is 87.7 Å². The number of amides is 1. The third kappa shape index (κ3) is 3.99. The van der Waals surface area contributed by atoms with Gasteiger partial charge >= 0.3 is 0 Å². The van der Waals surface area contributed by atoms with Crippen molar-refractivity contribution < 1.29 is 17.9 Å². The molecule has 42 heavy (non-hydrogen) atoms. The van der Waals surface area contributed by atoms with Crippen LogP contribution in [0.25, 0.3) is 33.6 Å². The molecule has 11 nitrogen and oxygen atoms in total. The summed E-state index contributed by atoms with van der Waals surface area (Å²) in [6, 6.07) is 9.74. The standard InChI is InChI=1S/C30H35N7O4S/c1-41-25-12-20(30(38)36-14-19-7-8-23(36)26(19)31)10-22-27(25)37(21-15-34(16-21)42(2,39)40)29(33-22)24-11-18-4-3-9-32-28(18)35(24)13-17-5-6-17/h3-4,9-12,17,19,21,23,26H,5-8,13-16,31H2,1-2H3/t19?,23?,26-/m1/s1. The van der Waals surface area contributed by atoms with Gasteiger partial charge in [-0.15, -0.1) is 0 Å². The Morgan fingerprint density at radius 1 is 1.12 bits per heavy atom. The SMILES string of the molecule is COc1cc(C(=O)N2CC3CCC2[C@@H]3N)cc2nc(-c3cc4cccnc4n3CC3CC3)n(C3CN(S(C)(=O)=O)C3)c12. The molecule has 2 N–H and O–H groups in total. The number of fused-ring (bicyclic) bond motifs is 4. The number of carbonyl (C=O) groups excluding carboxylic acids is 1. The van der Waals surface area contributed by atoms with E-state index in [0.29, 0.717) is 48.3 Å². The number of likely N-dealkylation sites (tertiary alicyclic amines) is 1. The Morgan fingerprint density at radius 2 is 1.93 bits per heavy atom. The number of nitrogens with zero attached hydrogens (tertiary/aromatic N) is 6. The summed E-state index contributed by atoms with van der Waals surface area (Å²) in [6.45, 7) is 2.22. The largest absolute Gasteiger partial charge is 0.494 e. The number of sulfonamides is 1. The molecule has 3 aromatic heterocycles. The summed E-state index contributed by atoms with van der Waals surface area (Å²) in [4.78, 5) is 25.6. The molecule has 8 rings (SSSR count). The van der Waals surface area contributed by atoms with Crippen molar-refractivity contribution in [2.75, 3.05) is 33.0 Å². The molecule has 3 atom stereocenters. The monoisotopic (exact) mass is 589 g/mol. The van der Waals surface area contributed by atoms with E-state index in [4.69, 9.17) is 20.4 Å². The number of aromatic nitrogens is 4. The predicted molar refractivity (Wildman–Crippen MR) is 159 cm³/mol. The highest BCUT2D eigenvalue weighted by molar-refractivity contribution is 7.88. The lowest BCUT2D eigenvalue weighted by Crippen LogP contribution is -2.50. The summed E-state index contributed by atoms with van der Waals surface area (Å²) in [7, 11) is -1.71. The number of piperidine rings is 1. The van der Waals surface area contributed by atoms with E-state index < -0.39 is 10.0 Å². The molecule has 2 saturated carbocycles. The fourth-order valence-corrected chi connectivity index (χ4v) is 8.21. The van der Waals surface area contributed by atoms with Crippen molar-refractivity contribution in [3.63, 3.8) is 0 Å². The number of imidazole rings is 1. The molecule has 2 aliphatic heterocycles. The molecule has 4 fully saturated rings. The Hall–Kier alpha value is -3.48. The molecule has 4 aliphatic rings. The van der Waals surface area contributed by atoms with Crippen LogP contribution in [0.4, 0.5) is 0 Å². The number of carbonyl (C=O) groups is 1.